The van der Waals surface area contributed by atoms with Crippen molar-refractivity contribution in [3.8, 4) is 0 Å². The van der Waals surface area contributed by atoms with Gasteiger partial charge in [0, 0.05) is 12.2 Å². The average Bonchev–Trinajstić information content (AvgIpc) is 2.49. The summed E-state index contributed by atoms with van der Waals surface area (Å²) >= 11 is 0. The molecule has 3 heteroatoms. The van der Waals surface area contributed by atoms with Crippen LogP contribution in [0.25, 0.3) is 0 Å². The largest absolute Gasteiger partial charge is 0.398 e. The monoisotopic (exact) mass is 236 g/mol. The van der Waals surface area contributed by atoms with Gasteiger partial charge in [-0.1, -0.05) is 6.92 Å². The number of halogens is 1. The molecule has 0 bridgehead atoms. The highest BCUT2D eigenvalue weighted by atomic mass is 19.1. The molecule has 0 aromatic heterocycles. The SMILES string of the molecule is CC1CCCN(Cc2cc(F)ccc2N)CC1. The van der Waals surface area contributed by atoms with Crippen LogP contribution in [-0.4, -0.2) is 18.0 Å². The van der Waals surface area contributed by atoms with Crippen LogP contribution in [0.5, 0.6) is 0 Å². The zero-order chi connectivity index (χ0) is 12.3. The molecule has 1 fully saturated rings. The Labute approximate surface area is 103 Å². The van der Waals surface area contributed by atoms with E-state index in [9.17, 15) is 4.39 Å². The molecule has 1 aromatic carbocycles. The maximum atomic E-state index is 13.2. The molecule has 0 radical (unpaired) electrons. The van der Waals surface area contributed by atoms with Gasteiger partial charge in [-0.3, -0.25) is 4.90 Å². The highest BCUT2D eigenvalue weighted by Crippen LogP contribution is 2.20. The van der Waals surface area contributed by atoms with Gasteiger partial charge in [0.15, 0.2) is 0 Å². The third-order valence-corrected chi connectivity index (χ3v) is 3.61. The van der Waals surface area contributed by atoms with Crippen LogP contribution in [-0.2, 0) is 6.54 Å². The molecule has 0 saturated carbocycles. The Balaban J connectivity index is 2.02. The van der Waals surface area contributed by atoms with Crippen LogP contribution < -0.4 is 5.73 Å². The number of nitrogens with zero attached hydrogens (tertiary/aromatic N) is 1. The van der Waals surface area contributed by atoms with Crippen LogP contribution >= 0.6 is 0 Å². The fraction of sp³-hybridized carbons (Fsp3) is 0.571. The van der Waals surface area contributed by atoms with Crippen molar-refractivity contribution in [3.05, 3.63) is 29.6 Å². The van der Waals surface area contributed by atoms with Crippen molar-refractivity contribution in [2.24, 2.45) is 5.92 Å². The zero-order valence-corrected chi connectivity index (χ0v) is 10.5. The van der Waals surface area contributed by atoms with Crippen molar-refractivity contribution < 1.29 is 4.39 Å². The van der Waals surface area contributed by atoms with Crippen molar-refractivity contribution in [3.63, 3.8) is 0 Å². The molecule has 2 nitrogen and oxygen atoms in total. The summed E-state index contributed by atoms with van der Waals surface area (Å²) in [4.78, 5) is 2.38. The standard InChI is InChI=1S/C14H21FN2/c1-11-3-2-7-17(8-6-11)10-12-9-13(15)4-5-14(12)16/h4-5,9,11H,2-3,6-8,10,16H2,1H3. The van der Waals surface area contributed by atoms with Gasteiger partial charge in [-0.05, 0) is 62.0 Å². The minimum absolute atomic E-state index is 0.197. The molecule has 1 aromatic rings. The van der Waals surface area contributed by atoms with Crippen molar-refractivity contribution in [1.82, 2.24) is 4.90 Å². The van der Waals surface area contributed by atoms with Gasteiger partial charge in [0.2, 0.25) is 0 Å². The van der Waals surface area contributed by atoms with E-state index in [1.165, 1.54) is 25.3 Å². The van der Waals surface area contributed by atoms with E-state index in [4.69, 9.17) is 5.73 Å². The van der Waals surface area contributed by atoms with Gasteiger partial charge in [-0.25, -0.2) is 4.39 Å². The molecular formula is C14H21FN2. The van der Waals surface area contributed by atoms with E-state index in [1.54, 1.807) is 12.1 Å². The Morgan fingerprint density at radius 3 is 3.00 bits per heavy atom. The molecule has 1 heterocycles. The van der Waals surface area contributed by atoms with E-state index in [0.717, 1.165) is 31.1 Å². The van der Waals surface area contributed by atoms with E-state index in [2.05, 4.69) is 11.8 Å². The number of hydrogen-bond donors (Lipinski definition) is 1. The first-order valence-corrected chi connectivity index (χ1v) is 6.41. The molecule has 17 heavy (non-hydrogen) atoms. The molecule has 2 rings (SSSR count). The predicted molar refractivity (Wildman–Crippen MR) is 69.1 cm³/mol. The van der Waals surface area contributed by atoms with E-state index < -0.39 is 0 Å². The van der Waals surface area contributed by atoms with Crippen molar-refractivity contribution in [2.75, 3.05) is 18.8 Å². The number of benzene rings is 1. The first-order valence-electron chi connectivity index (χ1n) is 6.41. The number of nitrogen functional groups attached to an aromatic ring is 1. The van der Waals surface area contributed by atoms with Gasteiger partial charge in [-0.15, -0.1) is 0 Å². The first kappa shape index (κ1) is 12.4. The molecule has 0 amide bonds. The molecule has 1 atom stereocenters. The van der Waals surface area contributed by atoms with E-state index >= 15 is 0 Å². The fourth-order valence-corrected chi connectivity index (χ4v) is 2.43. The predicted octanol–water partition coefficient (Wildman–Crippen LogP) is 3.03. The van der Waals surface area contributed by atoms with Crippen LogP contribution in [0.1, 0.15) is 31.7 Å². The van der Waals surface area contributed by atoms with Crippen molar-refractivity contribution in [1.29, 1.82) is 0 Å². The van der Waals surface area contributed by atoms with Crippen LogP contribution in [0.15, 0.2) is 18.2 Å². The second kappa shape index (κ2) is 5.50. The Morgan fingerprint density at radius 2 is 2.18 bits per heavy atom. The average molecular weight is 236 g/mol. The fourth-order valence-electron chi connectivity index (χ4n) is 2.43. The zero-order valence-electron chi connectivity index (χ0n) is 10.5. The quantitative estimate of drug-likeness (QED) is 0.800. The van der Waals surface area contributed by atoms with E-state index in [-0.39, 0.29) is 5.82 Å². The molecule has 1 saturated heterocycles. The lowest BCUT2D eigenvalue weighted by molar-refractivity contribution is 0.274. The van der Waals surface area contributed by atoms with Gasteiger partial charge in [0.05, 0.1) is 0 Å². The second-order valence-corrected chi connectivity index (χ2v) is 5.16. The Bertz CT molecular complexity index is 378. The van der Waals surface area contributed by atoms with Crippen LogP contribution in [0.2, 0.25) is 0 Å². The number of nitrogens with two attached hydrogens (primary N) is 1. The summed E-state index contributed by atoms with van der Waals surface area (Å²) in [6.45, 7) is 5.27. The van der Waals surface area contributed by atoms with Gasteiger partial charge in [-0.2, -0.15) is 0 Å². The lowest BCUT2D eigenvalue weighted by Crippen LogP contribution is -2.24. The summed E-state index contributed by atoms with van der Waals surface area (Å²) < 4.78 is 13.2. The molecule has 1 aliphatic heterocycles. The van der Waals surface area contributed by atoms with Crippen LogP contribution in [0, 0.1) is 11.7 Å². The summed E-state index contributed by atoms with van der Waals surface area (Å²) in [7, 11) is 0. The number of hydrogen-bond acceptors (Lipinski definition) is 2. The molecule has 1 unspecified atom stereocenters. The van der Waals surface area contributed by atoms with Crippen LogP contribution in [0.3, 0.4) is 0 Å². The summed E-state index contributed by atoms with van der Waals surface area (Å²) in [6.07, 6.45) is 3.76. The molecule has 94 valence electrons. The molecule has 1 aliphatic rings. The lowest BCUT2D eigenvalue weighted by atomic mass is 10.0. The summed E-state index contributed by atoms with van der Waals surface area (Å²) in [5.41, 5.74) is 7.49. The second-order valence-electron chi connectivity index (χ2n) is 5.16. The Kier molecular flexibility index (Phi) is 4.00. The number of rotatable bonds is 2. The van der Waals surface area contributed by atoms with Crippen LogP contribution in [0.4, 0.5) is 10.1 Å². The molecular weight excluding hydrogens is 215 g/mol. The Morgan fingerprint density at radius 1 is 1.35 bits per heavy atom. The van der Waals surface area contributed by atoms with Gasteiger partial charge in [0.1, 0.15) is 5.82 Å². The molecule has 0 spiro atoms. The highest BCUT2D eigenvalue weighted by Gasteiger charge is 2.14. The third kappa shape index (κ3) is 3.43. The Hall–Kier alpha value is -1.09. The smallest absolute Gasteiger partial charge is 0.123 e. The first-order chi connectivity index (χ1) is 8.15. The normalized spacial score (nSPS) is 22.4. The molecule has 0 aliphatic carbocycles. The van der Waals surface area contributed by atoms with Crippen molar-refractivity contribution >= 4 is 5.69 Å². The molecule has 2 N–H and O–H groups in total. The maximum absolute atomic E-state index is 13.2. The third-order valence-electron chi connectivity index (χ3n) is 3.61. The minimum atomic E-state index is -0.197. The maximum Gasteiger partial charge on any atom is 0.123 e. The number of anilines is 1. The summed E-state index contributed by atoms with van der Waals surface area (Å²) in [5, 5.41) is 0. The minimum Gasteiger partial charge on any atom is -0.398 e. The van der Waals surface area contributed by atoms with E-state index in [1.807, 2.05) is 0 Å². The summed E-state index contributed by atoms with van der Waals surface area (Å²) in [5.74, 6) is 0.613. The van der Waals surface area contributed by atoms with Gasteiger partial charge >= 0.3 is 0 Å². The topological polar surface area (TPSA) is 29.3 Å². The van der Waals surface area contributed by atoms with E-state index in [0.29, 0.717) is 5.69 Å². The van der Waals surface area contributed by atoms with Gasteiger partial charge in [0.25, 0.3) is 0 Å². The lowest BCUT2D eigenvalue weighted by Gasteiger charge is -2.20. The number of likely N-dealkylation sites (tertiary alicyclic amines) is 1. The summed E-state index contributed by atoms with van der Waals surface area (Å²) in [6, 6.07) is 4.64. The highest BCUT2D eigenvalue weighted by molar-refractivity contribution is 5.46. The van der Waals surface area contributed by atoms with Gasteiger partial charge < -0.3 is 5.73 Å². The van der Waals surface area contributed by atoms with Crippen molar-refractivity contribution in [2.45, 2.75) is 32.7 Å².